The number of hydrogen-bond donors (Lipinski definition) is 0. The van der Waals surface area contributed by atoms with Gasteiger partial charge in [0.1, 0.15) is 18.2 Å². The molecule has 2 rings (SSSR count). The summed E-state index contributed by atoms with van der Waals surface area (Å²) in [6.45, 7) is 0.133. The Bertz CT molecular complexity index is 607. The summed E-state index contributed by atoms with van der Waals surface area (Å²) < 4.78 is 19.7. The summed E-state index contributed by atoms with van der Waals surface area (Å²) in [4.78, 5) is 0. The predicted octanol–water partition coefficient (Wildman–Crippen LogP) is 4.04. The van der Waals surface area contributed by atoms with Crippen LogP contribution in [0.3, 0.4) is 0 Å². The molecule has 0 N–H and O–H groups in total. The van der Waals surface area contributed by atoms with Gasteiger partial charge in [0.05, 0.1) is 11.6 Å². The summed E-state index contributed by atoms with van der Waals surface area (Å²) in [7, 11) is 0. The third-order valence-electron chi connectivity index (χ3n) is 2.37. The van der Waals surface area contributed by atoms with Crippen LogP contribution in [0, 0.1) is 17.1 Å². The third-order valence-corrected chi connectivity index (χ3v) is 2.87. The smallest absolute Gasteiger partial charge is 0.130 e. The minimum atomic E-state index is -0.319. The number of nitriles is 1. The van der Waals surface area contributed by atoms with Crippen LogP contribution < -0.4 is 4.74 Å². The lowest BCUT2D eigenvalue weighted by atomic mass is 10.2. The fourth-order valence-electron chi connectivity index (χ4n) is 1.46. The maximum Gasteiger partial charge on any atom is 0.130 e. The zero-order valence-electron chi connectivity index (χ0n) is 9.36. The zero-order valence-corrected chi connectivity index (χ0v) is 10.9. The standard InChI is InChI=1S/C14H9BrFNO/c15-12-5-4-11(14(16)7-12)9-18-13-3-1-2-10(6-13)8-17/h1-7H,9H2. The van der Waals surface area contributed by atoms with E-state index in [0.29, 0.717) is 21.3 Å². The molecule has 90 valence electrons. The molecular formula is C14H9BrFNO. The topological polar surface area (TPSA) is 33.0 Å². The molecule has 0 heterocycles. The Labute approximate surface area is 113 Å². The predicted molar refractivity (Wildman–Crippen MR) is 69.6 cm³/mol. The van der Waals surface area contributed by atoms with E-state index in [1.807, 2.05) is 6.07 Å². The molecule has 0 amide bonds. The van der Waals surface area contributed by atoms with Gasteiger partial charge in [0.25, 0.3) is 0 Å². The molecule has 0 fully saturated rings. The minimum Gasteiger partial charge on any atom is -0.489 e. The van der Waals surface area contributed by atoms with Crippen molar-refractivity contribution in [3.63, 3.8) is 0 Å². The highest BCUT2D eigenvalue weighted by Crippen LogP contribution is 2.18. The fourth-order valence-corrected chi connectivity index (χ4v) is 1.79. The van der Waals surface area contributed by atoms with Gasteiger partial charge in [-0.3, -0.25) is 0 Å². The molecule has 0 unspecified atom stereocenters. The van der Waals surface area contributed by atoms with Crippen LogP contribution in [0.5, 0.6) is 5.75 Å². The summed E-state index contributed by atoms with van der Waals surface area (Å²) in [5.41, 5.74) is 0.990. The molecule has 0 spiro atoms. The Balaban J connectivity index is 2.09. The van der Waals surface area contributed by atoms with Crippen molar-refractivity contribution in [2.45, 2.75) is 6.61 Å². The Morgan fingerprint density at radius 2 is 2.06 bits per heavy atom. The summed E-state index contributed by atoms with van der Waals surface area (Å²) in [5.74, 6) is 0.234. The van der Waals surface area contributed by atoms with Gasteiger partial charge >= 0.3 is 0 Å². The van der Waals surface area contributed by atoms with E-state index >= 15 is 0 Å². The first-order valence-electron chi connectivity index (χ1n) is 5.26. The largest absolute Gasteiger partial charge is 0.489 e. The van der Waals surface area contributed by atoms with Crippen molar-refractivity contribution in [2.24, 2.45) is 0 Å². The molecule has 18 heavy (non-hydrogen) atoms. The van der Waals surface area contributed by atoms with Gasteiger partial charge in [-0.15, -0.1) is 0 Å². The lowest BCUT2D eigenvalue weighted by Gasteiger charge is -2.07. The van der Waals surface area contributed by atoms with Gasteiger partial charge in [0.2, 0.25) is 0 Å². The number of benzene rings is 2. The average molecular weight is 306 g/mol. The van der Waals surface area contributed by atoms with E-state index in [1.165, 1.54) is 6.07 Å². The van der Waals surface area contributed by atoms with Gasteiger partial charge in [-0.1, -0.05) is 28.1 Å². The van der Waals surface area contributed by atoms with Crippen LogP contribution in [0.15, 0.2) is 46.9 Å². The molecule has 0 bridgehead atoms. The van der Waals surface area contributed by atoms with E-state index in [4.69, 9.17) is 10.00 Å². The second kappa shape index (κ2) is 5.65. The van der Waals surface area contributed by atoms with Crippen molar-refractivity contribution in [3.05, 3.63) is 63.9 Å². The van der Waals surface area contributed by atoms with Crippen LogP contribution in [0.2, 0.25) is 0 Å². The Hall–Kier alpha value is -1.86. The first kappa shape index (κ1) is 12.6. The van der Waals surface area contributed by atoms with Crippen LogP contribution >= 0.6 is 15.9 Å². The number of hydrogen-bond acceptors (Lipinski definition) is 2. The van der Waals surface area contributed by atoms with Crippen LogP contribution in [-0.4, -0.2) is 0 Å². The SMILES string of the molecule is N#Cc1cccc(OCc2ccc(Br)cc2F)c1. The molecular weight excluding hydrogens is 297 g/mol. The summed E-state index contributed by atoms with van der Waals surface area (Å²) >= 11 is 3.19. The molecule has 2 aromatic carbocycles. The van der Waals surface area contributed by atoms with Gasteiger partial charge in [0, 0.05) is 10.0 Å². The summed E-state index contributed by atoms with van der Waals surface area (Å²) in [6, 6.07) is 13.6. The lowest BCUT2D eigenvalue weighted by molar-refractivity contribution is 0.299. The first-order valence-corrected chi connectivity index (χ1v) is 6.05. The monoisotopic (exact) mass is 305 g/mol. The molecule has 0 aliphatic carbocycles. The van der Waals surface area contributed by atoms with Gasteiger partial charge in [-0.2, -0.15) is 5.26 Å². The number of rotatable bonds is 3. The van der Waals surface area contributed by atoms with Gasteiger partial charge < -0.3 is 4.74 Å². The average Bonchev–Trinajstić information content (AvgIpc) is 2.38. The Morgan fingerprint density at radius 1 is 1.22 bits per heavy atom. The first-order chi connectivity index (χ1) is 8.69. The lowest BCUT2D eigenvalue weighted by Crippen LogP contribution is -1.98. The van der Waals surface area contributed by atoms with Crippen LogP contribution in [-0.2, 0) is 6.61 Å². The van der Waals surface area contributed by atoms with E-state index in [0.717, 1.165) is 0 Å². The number of ether oxygens (including phenoxy) is 1. The van der Waals surface area contributed by atoms with E-state index < -0.39 is 0 Å². The number of nitrogens with zero attached hydrogens (tertiary/aromatic N) is 1. The van der Waals surface area contributed by atoms with Crippen molar-refractivity contribution in [3.8, 4) is 11.8 Å². The van der Waals surface area contributed by atoms with E-state index in [9.17, 15) is 4.39 Å². The quantitative estimate of drug-likeness (QED) is 0.857. The van der Waals surface area contributed by atoms with E-state index in [1.54, 1.807) is 36.4 Å². The van der Waals surface area contributed by atoms with E-state index in [2.05, 4.69) is 15.9 Å². The highest BCUT2D eigenvalue weighted by atomic mass is 79.9. The molecule has 0 aliphatic rings. The second-order valence-electron chi connectivity index (χ2n) is 3.66. The Kier molecular flexibility index (Phi) is 3.96. The fraction of sp³-hybridized carbons (Fsp3) is 0.0714. The maximum absolute atomic E-state index is 13.5. The van der Waals surface area contributed by atoms with Crippen molar-refractivity contribution < 1.29 is 9.13 Å². The molecule has 0 radical (unpaired) electrons. The molecule has 2 aromatic rings. The van der Waals surface area contributed by atoms with Crippen LogP contribution in [0.25, 0.3) is 0 Å². The Morgan fingerprint density at radius 3 is 2.78 bits per heavy atom. The molecule has 0 saturated heterocycles. The molecule has 4 heteroatoms. The van der Waals surface area contributed by atoms with Crippen LogP contribution in [0.4, 0.5) is 4.39 Å². The van der Waals surface area contributed by atoms with Gasteiger partial charge in [-0.25, -0.2) is 4.39 Å². The number of halogens is 2. The van der Waals surface area contributed by atoms with Crippen molar-refractivity contribution >= 4 is 15.9 Å². The molecule has 0 atom stereocenters. The second-order valence-corrected chi connectivity index (χ2v) is 4.58. The summed E-state index contributed by atoms with van der Waals surface area (Å²) in [5, 5.41) is 8.75. The molecule has 0 aliphatic heterocycles. The molecule has 0 saturated carbocycles. The van der Waals surface area contributed by atoms with Gasteiger partial charge in [0.15, 0.2) is 0 Å². The minimum absolute atomic E-state index is 0.133. The van der Waals surface area contributed by atoms with Crippen LogP contribution in [0.1, 0.15) is 11.1 Å². The van der Waals surface area contributed by atoms with Crippen molar-refractivity contribution in [1.29, 1.82) is 5.26 Å². The van der Waals surface area contributed by atoms with Crippen molar-refractivity contribution in [1.82, 2.24) is 0 Å². The van der Waals surface area contributed by atoms with Gasteiger partial charge in [-0.05, 0) is 30.3 Å². The highest BCUT2D eigenvalue weighted by molar-refractivity contribution is 9.10. The van der Waals surface area contributed by atoms with E-state index in [-0.39, 0.29) is 12.4 Å². The third kappa shape index (κ3) is 3.08. The van der Waals surface area contributed by atoms with Crippen molar-refractivity contribution in [2.75, 3.05) is 0 Å². The normalized spacial score (nSPS) is 9.83. The summed E-state index contributed by atoms with van der Waals surface area (Å²) in [6.07, 6.45) is 0. The molecule has 0 aromatic heterocycles. The molecule has 2 nitrogen and oxygen atoms in total. The zero-order chi connectivity index (χ0) is 13.0. The maximum atomic E-state index is 13.5. The highest BCUT2D eigenvalue weighted by Gasteiger charge is 2.04.